The number of hydrogen-bond donors (Lipinski definition) is 2. The Morgan fingerprint density at radius 2 is 2.22 bits per heavy atom. The summed E-state index contributed by atoms with van der Waals surface area (Å²) in [5.74, 6) is 2.02. The van der Waals surface area contributed by atoms with Crippen LogP contribution in [0.1, 0.15) is 19.3 Å². The van der Waals surface area contributed by atoms with Crippen molar-refractivity contribution in [3.63, 3.8) is 0 Å². The first-order chi connectivity index (χ1) is 8.85. The highest BCUT2D eigenvalue weighted by atomic mass is 16.5. The van der Waals surface area contributed by atoms with Gasteiger partial charge in [-0.1, -0.05) is 0 Å². The number of nitrogens with zero attached hydrogens (tertiary/aromatic N) is 2. The number of aromatic nitrogens is 2. The average molecular weight is 252 g/mol. The summed E-state index contributed by atoms with van der Waals surface area (Å²) < 4.78 is 11.0. The maximum absolute atomic E-state index is 5.67. The van der Waals surface area contributed by atoms with Gasteiger partial charge in [-0.3, -0.25) is 0 Å². The van der Waals surface area contributed by atoms with Crippen molar-refractivity contribution in [3.05, 3.63) is 6.33 Å². The standard InChI is InChI=1S/C12H20N4O2/c1-13-11-10(17-2)12(16-8-15-11)14-7-9-5-3-4-6-18-9/h8-9H,3-7H2,1-2H3,(H2,13,14,15,16). The van der Waals surface area contributed by atoms with Gasteiger partial charge in [0, 0.05) is 20.2 Å². The summed E-state index contributed by atoms with van der Waals surface area (Å²) in [5, 5.41) is 6.24. The Labute approximate surface area is 107 Å². The highest BCUT2D eigenvalue weighted by molar-refractivity contribution is 5.63. The van der Waals surface area contributed by atoms with E-state index in [0.717, 1.165) is 26.0 Å². The van der Waals surface area contributed by atoms with Crippen molar-refractivity contribution in [2.75, 3.05) is 37.9 Å². The predicted molar refractivity (Wildman–Crippen MR) is 70.2 cm³/mol. The molecular formula is C12H20N4O2. The molecule has 1 fully saturated rings. The Morgan fingerprint density at radius 1 is 1.39 bits per heavy atom. The van der Waals surface area contributed by atoms with Crippen molar-refractivity contribution < 1.29 is 9.47 Å². The number of ether oxygens (including phenoxy) is 2. The zero-order valence-corrected chi connectivity index (χ0v) is 10.9. The second kappa shape index (κ2) is 6.39. The maximum Gasteiger partial charge on any atom is 0.204 e. The molecule has 1 saturated heterocycles. The molecule has 1 aromatic heterocycles. The normalized spacial score (nSPS) is 19.3. The van der Waals surface area contributed by atoms with E-state index in [-0.39, 0.29) is 6.10 Å². The molecule has 0 radical (unpaired) electrons. The summed E-state index contributed by atoms with van der Waals surface area (Å²) in [4.78, 5) is 8.30. The molecule has 1 aliphatic rings. The molecule has 6 nitrogen and oxygen atoms in total. The fourth-order valence-corrected chi connectivity index (χ4v) is 2.05. The van der Waals surface area contributed by atoms with Crippen LogP contribution in [0.3, 0.4) is 0 Å². The van der Waals surface area contributed by atoms with Crippen molar-refractivity contribution >= 4 is 11.6 Å². The van der Waals surface area contributed by atoms with Crippen LogP contribution in [-0.4, -0.2) is 43.4 Å². The Kier molecular flexibility index (Phi) is 4.58. The quantitative estimate of drug-likeness (QED) is 0.828. The third-order valence-electron chi connectivity index (χ3n) is 3.02. The van der Waals surface area contributed by atoms with Gasteiger partial charge in [-0.2, -0.15) is 0 Å². The van der Waals surface area contributed by atoms with Crippen molar-refractivity contribution in [2.24, 2.45) is 0 Å². The van der Waals surface area contributed by atoms with Crippen molar-refractivity contribution in [1.29, 1.82) is 0 Å². The van der Waals surface area contributed by atoms with E-state index in [1.165, 1.54) is 12.7 Å². The lowest BCUT2D eigenvalue weighted by Crippen LogP contribution is -2.27. The molecule has 1 aliphatic heterocycles. The molecule has 1 unspecified atom stereocenters. The molecule has 1 atom stereocenters. The first-order valence-electron chi connectivity index (χ1n) is 6.27. The lowest BCUT2D eigenvalue weighted by Gasteiger charge is -2.23. The second-order valence-electron chi connectivity index (χ2n) is 4.22. The molecule has 0 aliphatic carbocycles. The number of nitrogens with one attached hydrogen (secondary N) is 2. The topological polar surface area (TPSA) is 68.3 Å². The Hall–Kier alpha value is -1.56. The van der Waals surface area contributed by atoms with E-state index in [4.69, 9.17) is 9.47 Å². The molecule has 0 bridgehead atoms. The van der Waals surface area contributed by atoms with E-state index >= 15 is 0 Å². The van der Waals surface area contributed by atoms with Crippen molar-refractivity contribution in [3.8, 4) is 5.75 Å². The van der Waals surface area contributed by atoms with E-state index < -0.39 is 0 Å². The number of rotatable bonds is 5. The minimum Gasteiger partial charge on any atom is -0.490 e. The summed E-state index contributed by atoms with van der Waals surface area (Å²) in [6, 6.07) is 0. The second-order valence-corrected chi connectivity index (χ2v) is 4.22. The van der Waals surface area contributed by atoms with Gasteiger partial charge in [0.05, 0.1) is 13.2 Å². The highest BCUT2D eigenvalue weighted by Crippen LogP contribution is 2.28. The Bertz CT molecular complexity index is 380. The number of hydrogen-bond acceptors (Lipinski definition) is 6. The molecular weight excluding hydrogens is 232 g/mol. The van der Waals surface area contributed by atoms with Gasteiger partial charge in [0.1, 0.15) is 6.33 Å². The first kappa shape index (κ1) is 12.9. The predicted octanol–water partition coefficient (Wildman–Crippen LogP) is 1.51. The van der Waals surface area contributed by atoms with Crippen LogP contribution >= 0.6 is 0 Å². The summed E-state index contributed by atoms with van der Waals surface area (Å²) in [6.07, 6.45) is 5.26. The monoisotopic (exact) mass is 252 g/mol. The Balaban J connectivity index is 1.99. The number of anilines is 2. The molecule has 0 spiro atoms. The molecule has 0 saturated carbocycles. The zero-order chi connectivity index (χ0) is 12.8. The van der Waals surface area contributed by atoms with Gasteiger partial charge >= 0.3 is 0 Å². The van der Waals surface area contributed by atoms with Crippen LogP contribution in [0.2, 0.25) is 0 Å². The summed E-state index contributed by atoms with van der Waals surface area (Å²) in [5.41, 5.74) is 0. The lowest BCUT2D eigenvalue weighted by atomic mass is 10.1. The molecule has 2 N–H and O–H groups in total. The smallest absolute Gasteiger partial charge is 0.204 e. The van der Waals surface area contributed by atoms with Gasteiger partial charge in [-0.15, -0.1) is 0 Å². The van der Waals surface area contributed by atoms with E-state index in [1.807, 2.05) is 0 Å². The van der Waals surface area contributed by atoms with E-state index in [2.05, 4.69) is 20.6 Å². The van der Waals surface area contributed by atoms with Crippen LogP contribution in [0.25, 0.3) is 0 Å². The van der Waals surface area contributed by atoms with Gasteiger partial charge in [0.25, 0.3) is 0 Å². The molecule has 1 aromatic rings. The zero-order valence-electron chi connectivity index (χ0n) is 10.9. The van der Waals surface area contributed by atoms with Gasteiger partial charge in [0.15, 0.2) is 11.6 Å². The SMILES string of the molecule is CNc1ncnc(NCC2CCCCO2)c1OC. The summed E-state index contributed by atoms with van der Waals surface area (Å²) in [7, 11) is 3.42. The van der Waals surface area contributed by atoms with E-state index in [0.29, 0.717) is 17.4 Å². The molecule has 6 heteroatoms. The van der Waals surface area contributed by atoms with Crippen LogP contribution in [0, 0.1) is 0 Å². The van der Waals surface area contributed by atoms with Gasteiger partial charge < -0.3 is 20.1 Å². The van der Waals surface area contributed by atoms with Crippen molar-refractivity contribution in [2.45, 2.75) is 25.4 Å². The molecule has 0 amide bonds. The molecule has 18 heavy (non-hydrogen) atoms. The third kappa shape index (κ3) is 3.01. The van der Waals surface area contributed by atoms with Crippen LogP contribution in [0.5, 0.6) is 5.75 Å². The van der Waals surface area contributed by atoms with E-state index in [9.17, 15) is 0 Å². The minimum atomic E-state index is 0.261. The van der Waals surface area contributed by atoms with Gasteiger partial charge in [-0.25, -0.2) is 9.97 Å². The van der Waals surface area contributed by atoms with Crippen molar-refractivity contribution in [1.82, 2.24) is 9.97 Å². The Morgan fingerprint density at radius 3 is 2.89 bits per heavy atom. The van der Waals surface area contributed by atoms with Crippen LogP contribution in [-0.2, 0) is 4.74 Å². The van der Waals surface area contributed by atoms with Gasteiger partial charge in [-0.05, 0) is 19.3 Å². The fraction of sp³-hybridized carbons (Fsp3) is 0.667. The summed E-state index contributed by atoms with van der Waals surface area (Å²) >= 11 is 0. The van der Waals surface area contributed by atoms with Crippen LogP contribution in [0.4, 0.5) is 11.6 Å². The number of methoxy groups -OCH3 is 1. The minimum absolute atomic E-state index is 0.261. The summed E-state index contributed by atoms with van der Waals surface area (Å²) in [6.45, 7) is 1.60. The molecule has 2 rings (SSSR count). The molecule has 0 aromatic carbocycles. The largest absolute Gasteiger partial charge is 0.490 e. The van der Waals surface area contributed by atoms with Crippen LogP contribution < -0.4 is 15.4 Å². The third-order valence-corrected chi connectivity index (χ3v) is 3.02. The molecule has 100 valence electrons. The molecule has 2 heterocycles. The van der Waals surface area contributed by atoms with Gasteiger partial charge in [0.2, 0.25) is 5.75 Å². The first-order valence-corrected chi connectivity index (χ1v) is 6.27. The highest BCUT2D eigenvalue weighted by Gasteiger charge is 2.16. The van der Waals surface area contributed by atoms with Crippen LogP contribution in [0.15, 0.2) is 6.33 Å². The lowest BCUT2D eigenvalue weighted by molar-refractivity contribution is 0.0247. The van der Waals surface area contributed by atoms with E-state index in [1.54, 1.807) is 14.2 Å². The maximum atomic E-state index is 5.67. The average Bonchev–Trinajstić information content (AvgIpc) is 2.45. The fourth-order valence-electron chi connectivity index (χ4n) is 2.05.